The topological polar surface area (TPSA) is 116 Å². The number of rotatable bonds is 4. The lowest BCUT2D eigenvalue weighted by atomic mass is 9.95. The molecule has 2 aliphatic heterocycles. The number of nitrogens with zero attached hydrogens (tertiary/aromatic N) is 2. The number of carbonyl (C=O) groups is 3. The van der Waals surface area contributed by atoms with E-state index in [0.717, 1.165) is 28.0 Å². The van der Waals surface area contributed by atoms with Crippen molar-refractivity contribution in [2.24, 2.45) is 0 Å². The molecule has 2 aromatic carbocycles. The molecule has 11 heteroatoms. The number of anilines is 2. The zero-order valence-electron chi connectivity index (χ0n) is 16.4. The molecule has 0 spiro atoms. The molecular weight excluding hydrogens is 429 g/mol. The maximum absolute atomic E-state index is 13.2. The van der Waals surface area contributed by atoms with Gasteiger partial charge in [0.25, 0.3) is 5.91 Å². The number of nitrogens with one attached hydrogen (secondary N) is 1. The number of urea groups is 1. The first-order valence-corrected chi connectivity index (χ1v) is 9.43. The molecule has 4 N–H and O–H groups in total. The normalized spacial score (nSPS) is 18.7. The van der Waals surface area contributed by atoms with Gasteiger partial charge in [0.05, 0.1) is 35.1 Å². The minimum absolute atomic E-state index is 0.0908. The van der Waals surface area contributed by atoms with E-state index >= 15 is 0 Å². The molecule has 2 heterocycles. The summed E-state index contributed by atoms with van der Waals surface area (Å²) in [5, 5.41) is 11.8. The number of benzene rings is 2. The molecule has 0 aliphatic carbocycles. The average Bonchev–Trinajstić information content (AvgIpc) is 3.02. The Labute approximate surface area is 179 Å². The maximum atomic E-state index is 13.2. The van der Waals surface area contributed by atoms with Gasteiger partial charge in [0.15, 0.2) is 0 Å². The van der Waals surface area contributed by atoms with E-state index < -0.39 is 42.2 Å². The minimum Gasteiger partial charge on any atom is -0.480 e. The smallest absolute Gasteiger partial charge is 0.416 e. The Morgan fingerprint density at radius 3 is 2.47 bits per heavy atom. The van der Waals surface area contributed by atoms with E-state index in [1.807, 2.05) is 0 Å². The number of alkyl halides is 3. The van der Waals surface area contributed by atoms with Crippen LogP contribution in [0.4, 0.5) is 29.3 Å². The number of nitrogen functional groups attached to an aromatic ring is 1. The first-order chi connectivity index (χ1) is 15.1. The van der Waals surface area contributed by atoms with Crippen LogP contribution < -0.4 is 16.0 Å². The van der Waals surface area contributed by atoms with Crippen molar-refractivity contribution in [1.29, 1.82) is 0 Å². The van der Waals surface area contributed by atoms with Gasteiger partial charge in [-0.2, -0.15) is 13.2 Å². The monoisotopic (exact) mass is 446 g/mol. The van der Waals surface area contributed by atoms with Crippen molar-refractivity contribution in [1.82, 2.24) is 10.2 Å². The first kappa shape index (κ1) is 21.2. The average molecular weight is 446 g/mol. The van der Waals surface area contributed by atoms with Crippen LogP contribution in [0, 0.1) is 0 Å². The lowest BCUT2D eigenvalue weighted by molar-refractivity contribution is -0.142. The fraction of sp³-hybridized carbons (Fsp3) is 0.190. The van der Waals surface area contributed by atoms with E-state index in [0.29, 0.717) is 11.3 Å². The zero-order valence-corrected chi connectivity index (χ0v) is 16.4. The quantitative estimate of drug-likeness (QED) is 0.625. The fourth-order valence-electron chi connectivity index (χ4n) is 3.82. The van der Waals surface area contributed by atoms with Gasteiger partial charge in [0.2, 0.25) is 0 Å². The molecular formula is C21H17F3N4O4. The summed E-state index contributed by atoms with van der Waals surface area (Å²) in [6.45, 7) is -0.861. The third-order valence-electron chi connectivity index (χ3n) is 5.23. The van der Waals surface area contributed by atoms with Gasteiger partial charge < -0.3 is 21.1 Å². The highest BCUT2D eigenvalue weighted by Crippen LogP contribution is 2.40. The predicted molar refractivity (Wildman–Crippen MR) is 107 cm³/mol. The number of hydrogen-bond donors (Lipinski definition) is 3. The lowest BCUT2D eigenvalue weighted by Gasteiger charge is -2.34. The molecule has 2 aromatic rings. The second kappa shape index (κ2) is 7.59. The van der Waals surface area contributed by atoms with Crippen LogP contribution in [0.5, 0.6) is 0 Å². The number of carboxylic acid groups (broad SMARTS) is 1. The molecule has 1 unspecified atom stereocenters. The van der Waals surface area contributed by atoms with Crippen LogP contribution in [0.15, 0.2) is 59.8 Å². The van der Waals surface area contributed by atoms with Crippen molar-refractivity contribution in [3.63, 3.8) is 0 Å². The molecule has 4 rings (SSSR count). The number of nitrogens with two attached hydrogens (primary N) is 1. The largest absolute Gasteiger partial charge is 0.480 e. The van der Waals surface area contributed by atoms with Crippen molar-refractivity contribution in [3.05, 3.63) is 70.9 Å². The van der Waals surface area contributed by atoms with Gasteiger partial charge in [-0.3, -0.25) is 14.5 Å². The van der Waals surface area contributed by atoms with Gasteiger partial charge in [-0.15, -0.1) is 0 Å². The summed E-state index contributed by atoms with van der Waals surface area (Å²) in [6.07, 6.45) is -4.63. The van der Waals surface area contributed by atoms with E-state index in [1.165, 1.54) is 6.07 Å². The van der Waals surface area contributed by atoms with Gasteiger partial charge in [-0.1, -0.05) is 18.2 Å². The summed E-state index contributed by atoms with van der Waals surface area (Å²) >= 11 is 0. The van der Waals surface area contributed by atoms with Gasteiger partial charge >= 0.3 is 18.2 Å². The summed E-state index contributed by atoms with van der Waals surface area (Å²) in [6, 6.07) is 8.87. The van der Waals surface area contributed by atoms with E-state index in [2.05, 4.69) is 5.32 Å². The molecule has 3 amide bonds. The van der Waals surface area contributed by atoms with Crippen molar-refractivity contribution >= 4 is 29.3 Å². The predicted octanol–water partition coefficient (Wildman–Crippen LogP) is 2.74. The number of carbonyl (C=O) groups excluding carboxylic acids is 2. The van der Waals surface area contributed by atoms with Crippen LogP contribution in [0.2, 0.25) is 0 Å². The summed E-state index contributed by atoms with van der Waals surface area (Å²) in [7, 11) is 0. The Morgan fingerprint density at radius 1 is 1.16 bits per heavy atom. The van der Waals surface area contributed by atoms with Gasteiger partial charge in [-0.25, -0.2) is 4.79 Å². The van der Waals surface area contributed by atoms with Crippen molar-refractivity contribution in [2.75, 3.05) is 23.7 Å². The van der Waals surface area contributed by atoms with Crippen LogP contribution in [-0.4, -0.2) is 41.0 Å². The molecule has 0 bridgehead atoms. The van der Waals surface area contributed by atoms with Crippen molar-refractivity contribution < 1.29 is 32.7 Å². The van der Waals surface area contributed by atoms with Crippen LogP contribution in [-0.2, 0) is 15.8 Å². The van der Waals surface area contributed by atoms with E-state index in [1.54, 1.807) is 24.3 Å². The number of hydrogen-bond acceptors (Lipinski definition) is 4. The zero-order chi connectivity index (χ0) is 23.2. The molecule has 0 fully saturated rings. The Bertz CT molecular complexity index is 1140. The van der Waals surface area contributed by atoms with Crippen LogP contribution in [0.3, 0.4) is 0 Å². The van der Waals surface area contributed by atoms with E-state index in [4.69, 9.17) is 10.8 Å². The second-order valence-corrected chi connectivity index (χ2v) is 7.35. The number of halogens is 3. The van der Waals surface area contributed by atoms with Gasteiger partial charge in [0.1, 0.15) is 6.54 Å². The summed E-state index contributed by atoms with van der Waals surface area (Å²) in [4.78, 5) is 39.3. The summed E-state index contributed by atoms with van der Waals surface area (Å²) < 4.78 is 39.6. The van der Waals surface area contributed by atoms with Crippen LogP contribution in [0.25, 0.3) is 0 Å². The molecule has 8 nitrogen and oxygen atoms in total. The minimum atomic E-state index is -4.63. The molecule has 2 aliphatic rings. The van der Waals surface area contributed by atoms with Gasteiger partial charge in [0, 0.05) is 5.69 Å². The Balaban J connectivity index is 1.83. The number of carboxylic acids is 1. The van der Waals surface area contributed by atoms with E-state index in [9.17, 15) is 27.6 Å². The molecule has 0 saturated heterocycles. The summed E-state index contributed by atoms with van der Waals surface area (Å²) in [5.41, 5.74) is 5.85. The van der Waals surface area contributed by atoms with Crippen molar-refractivity contribution in [2.45, 2.75) is 12.2 Å². The Kier molecular flexibility index (Phi) is 5.03. The number of amides is 3. The molecule has 0 aromatic heterocycles. The Morgan fingerprint density at radius 2 is 1.84 bits per heavy atom. The van der Waals surface area contributed by atoms with Crippen molar-refractivity contribution in [3.8, 4) is 0 Å². The van der Waals surface area contributed by atoms with Crippen LogP contribution in [0.1, 0.15) is 17.2 Å². The maximum Gasteiger partial charge on any atom is 0.416 e. The number of aliphatic carboxylic acids is 1. The third-order valence-corrected chi connectivity index (χ3v) is 5.23. The first-order valence-electron chi connectivity index (χ1n) is 9.43. The molecule has 1 atom stereocenters. The molecule has 0 radical (unpaired) electrons. The Hall–Kier alpha value is -4.02. The SMILES string of the molecule is Nc1ccc(C2NC(=O)N(c3cccc(C(F)(F)F)c3)C3=C2C(=O)N(CC(=O)O)C3)cc1. The van der Waals surface area contributed by atoms with Gasteiger partial charge in [-0.05, 0) is 35.9 Å². The standard InChI is InChI=1S/C21H17F3N4O4/c22-21(23,24)12-2-1-3-14(8-12)28-15-9-27(10-16(29)30)19(31)17(15)18(26-20(28)32)11-4-6-13(25)7-5-11/h1-8,18H,9-10,25H2,(H,26,32)(H,29,30). The fourth-order valence-corrected chi connectivity index (χ4v) is 3.82. The second-order valence-electron chi connectivity index (χ2n) is 7.35. The lowest BCUT2D eigenvalue weighted by Crippen LogP contribution is -2.47. The molecule has 0 saturated carbocycles. The van der Waals surface area contributed by atoms with E-state index in [-0.39, 0.29) is 23.5 Å². The van der Waals surface area contributed by atoms with Crippen LogP contribution >= 0.6 is 0 Å². The highest BCUT2D eigenvalue weighted by atomic mass is 19.4. The highest BCUT2D eigenvalue weighted by molar-refractivity contribution is 6.08. The summed E-state index contributed by atoms with van der Waals surface area (Å²) in [5.74, 6) is -1.88. The highest BCUT2D eigenvalue weighted by Gasteiger charge is 2.45. The third kappa shape index (κ3) is 3.72. The molecule has 166 valence electrons. The molecule has 32 heavy (non-hydrogen) atoms.